The SMILES string of the molecule is O=C(Nc1ccc2nc(CN3CCOCC3)[nH]c2c1)c1c(F)cccc1Cl. The van der Waals surface area contributed by atoms with Gasteiger partial charge in [0.15, 0.2) is 0 Å². The number of imidazole rings is 1. The Labute approximate surface area is 160 Å². The number of rotatable bonds is 4. The lowest BCUT2D eigenvalue weighted by atomic mass is 10.2. The predicted octanol–water partition coefficient (Wildman–Crippen LogP) is 3.44. The summed E-state index contributed by atoms with van der Waals surface area (Å²) >= 11 is 5.95. The highest BCUT2D eigenvalue weighted by atomic mass is 35.5. The van der Waals surface area contributed by atoms with Crippen LogP contribution in [0.5, 0.6) is 0 Å². The average molecular weight is 389 g/mol. The number of anilines is 1. The molecule has 1 fully saturated rings. The smallest absolute Gasteiger partial charge is 0.260 e. The summed E-state index contributed by atoms with van der Waals surface area (Å²) in [5.74, 6) is -0.395. The van der Waals surface area contributed by atoms with Crippen LogP contribution in [-0.2, 0) is 11.3 Å². The normalized spacial score (nSPS) is 15.2. The molecule has 0 spiro atoms. The molecule has 1 aliphatic heterocycles. The van der Waals surface area contributed by atoms with E-state index in [1.165, 1.54) is 18.2 Å². The first-order chi connectivity index (χ1) is 13.1. The molecule has 0 saturated carbocycles. The topological polar surface area (TPSA) is 70.2 Å². The lowest BCUT2D eigenvalue weighted by molar-refractivity contribution is 0.0332. The van der Waals surface area contributed by atoms with Crippen LogP contribution in [0, 0.1) is 5.82 Å². The molecule has 0 unspecified atom stereocenters. The van der Waals surface area contributed by atoms with E-state index in [4.69, 9.17) is 16.3 Å². The van der Waals surface area contributed by atoms with E-state index in [9.17, 15) is 9.18 Å². The van der Waals surface area contributed by atoms with Gasteiger partial charge in [0.25, 0.3) is 5.91 Å². The highest BCUT2D eigenvalue weighted by molar-refractivity contribution is 6.34. The van der Waals surface area contributed by atoms with Crippen molar-refractivity contribution in [2.45, 2.75) is 6.54 Å². The lowest BCUT2D eigenvalue weighted by Crippen LogP contribution is -2.35. The molecule has 2 N–H and O–H groups in total. The zero-order valence-corrected chi connectivity index (χ0v) is 15.2. The predicted molar refractivity (Wildman–Crippen MR) is 102 cm³/mol. The molecule has 1 aromatic heterocycles. The molecule has 6 nitrogen and oxygen atoms in total. The van der Waals surface area contributed by atoms with Gasteiger partial charge < -0.3 is 15.0 Å². The van der Waals surface area contributed by atoms with Crippen LogP contribution in [0.1, 0.15) is 16.2 Å². The average Bonchev–Trinajstić information content (AvgIpc) is 3.04. The van der Waals surface area contributed by atoms with Crippen LogP contribution in [0.15, 0.2) is 36.4 Å². The second-order valence-electron chi connectivity index (χ2n) is 6.35. The van der Waals surface area contributed by atoms with Gasteiger partial charge in [-0.25, -0.2) is 9.37 Å². The van der Waals surface area contributed by atoms with Crippen LogP contribution in [-0.4, -0.2) is 47.1 Å². The number of carbonyl (C=O) groups is 1. The number of benzene rings is 2. The van der Waals surface area contributed by atoms with Gasteiger partial charge in [-0.1, -0.05) is 17.7 Å². The maximum absolute atomic E-state index is 13.9. The number of carbonyl (C=O) groups excluding carboxylic acids is 1. The van der Waals surface area contributed by atoms with Gasteiger partial charge in [0, 0.05) is 18.8 Å². The summed E-state index contributed by atoms with van der Waals surface area (Å²) in [4.78, 5) is 22.5. The number of fused-ring (bicyclic) bond motifs is 1. The Morgan fingerprint density at radius 2 is 2.11 bits per heavy atom. The van der Waals surface area contributed by atoms with Crippen molar-refractivity contribution in [3.8, 4) is 0 Å². The number of nitrogens with zero attached hydrogens (tertiary/aromatic N) is 2. The fourth-order valence-corrected chi connectivity index (χ4v) is 3.34. The number of ether oxygens (including phenoxy) is 1. The van der Waals surface area contributed by atoms with Crippen LogP contribution in [0.2, 0.25) is 5.02 Å². The Bertz CT molecular complexity index is 965. The number of amides is 1. The van der Waals surface area contributed by atoms with Crippen molar-refractivity contribution in [2.75, 3.05) is 31.6 Å². The minimum absolute atomic E-state index is 0.0721. The maximum Gasteiger partial charge on any atom is 0.260 e. The molecule has 1 amide bonds. The zero-order chi connectivity index (χ0) is 18.8. The van der Waals surface area contributed by atoms with Crippen molar-refractivity contribution >= 4 is 34.2 Å². The highest BCUT2D eigenvalue weighted by Gasteiger charge is 2.17. The summed E-state index contributed by atoms with van der Waals surface area (Å²) in [6, 6.07) is 9.47. The van der Waals surface area contributed by atoms with E-state index in [2.05, 4.69) is 20.2 Å². The summed E-state index contributed by atoms with van der Waals surface area (Å²) in [6.07, 6.45) is 0. The number of hydrogen-bond acceptors (Lipinski definition) is 4. The van der Waals surface area contributed by atoms with E-state index in [0.29, 0.717) is 12.2 Å². The molecular weight excluding hydrogens is 371 g/mol. The van der Waals surface area contributed by atoms with Gasteiger partial charge in [0.2, 0.25) is 0 Å². The lowest BCUT2D eigenvalue weighted by Gasteiger charge is -2.25. The van der Waals surface area contributed by atoms with Gasteiger partial charge in [0.05, 0.1) is 41.4 Å². The van der Waals surface area contributed by atoms with Crippen LogP contribution >= 0.6 is 11.6 Å². The molecule has 0 aliphatic carbocycles. The Hall–Kier alpha value is -2.48. The van der Waals surface area contributed by atoms with Crippen molar-refractivity contribution in [2.24, 2.45) is 0 Å². The molecule has 1 saturated heterocycles. The van der Waals surface area contributed by atoms with Crippen LogP contribution in [0.4, 0.5) is 10.1 Å². The zero-order valence-electron chi connectivity index (χ0n) is 14.5. The number of aromatic nitrogens is 2. The fraction of sp³-hybridized carbons (Fsp3) is 0.263. The second-order valence-corrected chi connectivity index (χ2v) is 6.76. The first kappa shape index (κ1) is 17.9. The van der Waals surface area contributed by atoms with E-state index >= 15 is 0 Å². The van der Waals surface area contributed by atoms with Gasteiger partial charge in [-0.3, -0.25) is 9.69 Å². The summed E-state index contributed by atoms with van der Waals surface area (Å²) < 4.78 is 19.3. The Morgan fingerprint density at radius 3 is 2.89 bits per heavy atom. The number of halogens is 2. The van der Waals surface area contributed by atoms with E-state index < -0.39 is 11.7 Å². The maximum atomic E-state index is 13.9. The third-order valence-corrected chi connectivity index (χ3v) is 4.77. The molecule has 1 aliphatic rings. The first-order valence-corrected chi connectivity index (χ1v) is 9.02. The van der Waals surface area contributed by atoms with Crippen LogP contribution in [0.3, 0.4) is 0 Å². The van der Waals surface area contributed by atoms with Gasteiger partial charge in [-0.2, -0.15) is 0 Å². The number of H-pyrrole nitrogens is 1. The summed E-state index contributed by atoms with van der Waals surface area (Å²) in [5, 5.41) is 2.76. The molecule has 2 heterocycles. The third-order valence-electron chi connectivity index (χ3n) is 4.46. The fourth-order valence-electron chi connectivity index (χ4n) is 3.09. The van der Waals surface area contributed by atoms with E-state index in [-0.39, 0.29) is 10.6 Å². The molecule has 3 aromatic rings. The van der Waals surface area contributed by atoms with Crippen molar-refractivity contribution in [1.82, 2.24) is 14.9 Å². The largest absolute Gasteiger partial charge is 0.379 e. The van der Waals surface area contributed by atoms with Gasteiger partial charge >= 0.3 is 0 Å². The number of hydrogen-bond donors (Lipinski definition) is 2. The van der Waals surface area contributed by atoms with E-state index in [1.807, 2.05) is 6.07 Å². The van der Waals surface area contributed by atoms with Gasteiger partial charge in [-0.05, 0) is 30.3 Å². The second kappa shape index (κ2) is 7.64. The highest BCUT2D eigenvalue weighted by Crippen LogP contribution is 2.22. The Balaban J connectivity index is 1.52. The van der Waals surface area contributed by atoms with Gasteiger partial charge in [0.1, 0.15) is 11.6 Å². The molecule has 0 radical (unpaired) electrons. The summed E-state index contributed by atoms with van der Waals surface area (Å²) in [6.45, 7) is 3.93. The first-order valence-electron chi connectivity index (χ1n) is 8.64. The Morgan fingerprint density at radius 1 is 1.30 bits per heavy atom. The standard InChI is InChI=1S/C19H18ClFN4O2/c20-13-2-1-3-14(21)18(13)19(26)22-12-4-5-15-16(10-12)24-17(23-15)11-25-6-8-27-9-7-25/h1-5,10H,6-9,11H2,(H,22,26)(H,23,24). The van der Waals surface area contributed by atoms with Crippen molar-refractivity contribution in [3.05, 3.63) is 58.6 Å². The Kier molecular flexibility index (Phi) is 5.07. The monoisotopic (exact) mass is 388 g/mol. The third kappa shape index (κ3) is 3.95. The number of aromatic amines is 1. The van der Waals surface area contributed by atoms with E-state index in [1.54, 1.807) is 12.1 Å². The molecule has 140 valence electrons. The molecule has 27 heavy (non-hydrogen) atoms. The van der Waals surface area contributed by atoms with Crippen molar-refractivity contribution in [1.29, 1.82) is 0 Å². The minimum Gasteiger partial charge on any atom is -0.379 e. The molecule has 0 atom stereocenters. The number of morpholine rings is 1. The molecule has 4 rings (SSSR count). The summed E-state index contributed by atoms with van der Waals surface area (Å²) in [7, 11) is 0. The molecular formula is C19H18ClFN4O2. The van der Waals surface area contributed by atoms with Crippen LogP contribution in [0.25, 0.3) is 11.0 Å². The van der Waals surface area contributed by atoms with E-state index in [0.717, 1.165) is 43.2 Å². The molecule has 2 aromatic carbocycles. The molecule has 0 bridgehead atoms. The van der Waals surface area contributed by atoms with Crippen molar-refractivity contribution in [3.63, 3.8) is 0 Å². The van der Waals surface area contributed by atoms with Crippen LogP contribution < -0.4 is 5.32 Å². The number of nitrogens with one attached hydrogen (secondary N) is 2. The quantitative estimate of drug-likeness (QED) is 0.718. The summed E-state index contributed by atoms with van der Waals surface area (Å²) in [5.41, 5.74) is 1.97. The van der Waals surface area contributed by atoms with Crippen molar-refractivity contribution < 1.29 is 13.9 Å². The van der Waals surface area contributed by atoms with Gasteiger partial charge in [-0.15, -0.1) is 0 Å². The minimum atomic E-state index is -0.657. The molecule has 8 heteroatoms.